The number of fused-ring (bicyclic) bond motifs is 1. The van der Waals surface area contributed by atoms with Gasteiger partial charge in [-0.25, -0.2) is 4.98 Å². The molecular weight excluding hydrogens is 302 g/mol. The third-order valence-corrected chi connectivity index (χ3v) is 3.49. The van der Waals surface area contributed by atoms with Crippen LogP contribution in [0.1, 0.15) is 11.1 Å². The van der Waals surface area contributed by atoms with E-state index in [4.69, 9.17) is 5.73 Å². The number of H-pyrrole nitrogens is 1. The van der Waals surface area contributed by atoms with Crippen molar-refractivity contribution in [3.63, 3.8) is 0 Å². The number of hydrogen-bond acceptors (Lipinski definition) is 2. The zero-order valence-corrected chi connectivity index (χ0v) is 11.7. The molecule has 0 unspecified atom stereocenters. The molecular formula is C15H12BrN3. The average molecular weight is 314 g/mol. The largest absolute Gasteiger partial charge is 0.399 e. The number of nitrogens with one attached hydrogen (secondary N) is 1. The predicted octanol–water partition coefficient (Wildman–Crippen LogP) is 3.97. The summed E-state index contributed by atoms with van der Waals surface area (Å²) in [5.41, 5.74) is 10.4. The van der Waals surface area contributed by atoms with Crippen molar-refractivity contribution in [1.29, 1.82) is 0 Å². The van der Waals surface area contributed by atoms with Gasteiger partial charge in [0.05, 0.1) is 0 Å². The molecule has 0 aliphatic rings. The third kappa shape index (κ3) is 2.15. The standard InChI is InChI=1S/C15H12BrN3/c1-9(10-3-2-4-12(17)5-10)14-8-19-15-13(14)6-11(16)7-18-15/h2-8H,1,17H2,(H,18,19). The highest BCUT2D eigenvalue weighted by Crippen LogP contribution is 2.30. The first-order valence-corrected chi connectivity index (χ1v) is 6.62. The maximum Gasteiger partial charge on any atom is 0.137 e. The van der Waals surface area contributed by atoms with Gasteiger partial charge in [0.2, 0.25) is 0 Å². The number of pyridine rings is 1. The van der Waals surface area contributed by atoms with E-state index in [1.807, 2.05) is 36.5 Å². The van der Waals surface area contributed by atoms with Gasteiger partial charge in [0.25, 0.3) is 0 Å². The van der Waals surface area contributed by atoms with Crippen molar-refractivity contribution < 1.29 is 0 Å². The average Bonchev–Trinajstić information content (AvgIpc) is 2.80. The van der Waals surface area contributed by atoms with Gasteiger partial charge < -0.3 is 10.7 Å². The molecule has 3 nitrogen and oxygen atoms in total. The number of halogens is 1. The monoisotopic (exact) mass is 313 g/mol. The summed E-state index contributed by atoms with van der Waals surface area (Å²) in [4.78, 5) is 7.48. The molecule has 0 radical (unpaired) electrons. The highest BCUT2D eigenvalue weighted by atomic mass is 79.9. The fourth-order valence-electron chi connectivity index (χ4n) is 2.11. The molecule has 1 aromatic carbocycles. The highest BCUT2D eigenvalue weighted by Gasteiger charge is 2.10. The van der Waals surface area contributed by atoms with Gasteiger partial charge in [0, 0.05) is 33.5 Å². The lowest BCUT2D eigenvalue weighted by Crippen LogP contribution is -1.89. The van der Waals surface area contributed by atoms with E-state index in [-0.39, 0.29) is 0 Å². The van der Waals surface area contributed by atoms with Gasteiger partial charge in [-0.15, -0.1) is 0 Å². The van der Waals surface area contributed by atoms with Crippen LogP contribution in [0.5, 0.6) is 0 Å². The van der Waals surface area contributed by atoms with Gasteiger partial charge in [-0.3, -0.25) is 0 Å². The van der Waals surface area contributed by atoms with Gasteiger partial charge in [-0.2, -0.15) is 0 Å². The van der Waals surface area contributed by atoms with Gasteiger partial charge >= 0.3 is 0 Å². The lowest BCUT2D eigenvalue weighted by atomic mass is 9.99. The Morgan fingerprint density at radius 1 is 1.32 bits per heavy atom. The second kappa shape index (κ2) is 4.55. The van der Waals surface area contributed by atoms with E-state index >= 15 is 0 Å². The van der Waals surface area contributed by atoms with E-state index in [9.17, 15) is 0 Å². The number of aromatic amines is 1. The maximum absolute atomic E-state index is 5.82. The Labute approximate surface area is 119 Å². The lowest BCUT2D eigenvalue weighted by molar-refractivity contribution is 1.31. The second-order valence-corrected chi connectivity index (χ2v) is 5.27. The number of benzene rings is 1. The van der Waals surface area contributed by atoms with Crippen molar-refractivity contribution in [1.82, 2.24) is 9.97 Å². The number of nitrogen functional groups attached to an aromatic ring is 1. The molecule has 4 heteroatoms. The molecule has 3 aromatic rings. The van der Waals surface area contributed by atoms with E-state index in [1.54, 1.807) is 6.20 Å². The molecule has 94 valence electrons. The van der Waals surface area contributed by atoms with Crippen LogP contribution in [-0.4, -0.2) is 9.97 Å². The number of aromatic nitrogens is 2. The van der Waals surface area contributed by atoms with Crippen LogP contribution in [0.25, 0.3) is 16.6 Å². The minimum absolute atomic E-state index is 0.734. The first-order valence-electron chi connectivity index (χ1n) is 5.83. The molecule has 0 spiro atoms. The van der Waals surface area contributed by atoms with Crippen LogP contribution in [0.4, 0.5) is 5.69 Å². The number of hydrogen-bond donors (Lipinski definition) is 2. The number of nitrogens with zero attached hydrogens (tertiary/aromatic N) is 1. The summed E-state index contributed by atoms with van der Waals surface area (Å²) in [6.45, 7) is 4.17. The molecule has 0 aliphatic heterocycles. The summed E-state index contributed by atoms with van der Waals surface area (Å²) in [6, 6.07) is 9.75. The zero-order chi connectivity index (χ0) is 13.4. The van der Waals surface area contributed by atoms with E-state index in [0.29, 0.717) is 0 Å². The van der Waals surface area contributed by atoms with Crippen molar-refractivity contribution in [2.75, 3.05) is 5.73 Å². The van der Waals surface area contributed by atoms with Crippen LogP contribution in [-0.2, 0) is 0 Å². The molecule has 0 fully saturated rings. The summed E-state index contributed by atoms with van der Waals surface area (Å²) in [5, 5.41) is 1.04. The molecule has 19 heavy (non-hydrogen) atoms. The van der Waals surface area contributed by atoms with E-state index in [1.165, 1.54) is 0 Å². The maximum atomic E-state index is 5.82. The van der Waals surface area contributed by atoms with Gasteiger partial charge in [-0.1, -0.05) is 18.7 Å². The predicted molar refractivity (Wildman–Crippen MR) is 82.8 cm³/mol. The Hall–Kier alpha value is -2.07. The molecule has 2 aromatic heterocycles. The SMILES string of the molecule is C=C(c1cccc(N)c1)c1c[nH]c2ncc(Br)cc12. The molecule has 0 saturated carbocycles. The molecule has 3 N–H and O–H groups in total. The third-order valence-electron chi connectivity index (χ3n) is 3.06. The summed E-state index contributed by atoms with van der Waals surface area (Å²) in [7, 11) is 0. The van der Waals surface area contributed by atoms with Gasteiger partial charge in [0.1, 0.15) is 5.65 Å². The van der Waals surface area contributed by atoms with Crippen LogP contribution >= 0.6 is 15.9 Å². The molecule has 0 atom stereocenters. The number of rotatable bonds is 2. The Kier molecular flexibility index (Phi) is 2.87. The Morgan fingerprint density at radius 2 is 2.16 bits per heavy atom. The first kappa shape index (κ1) is 12.0. The van der Waals surface area contributed by atoms with Crippen LogP contribution in [0.2, 0.25) is 0 Å². The van der Waals surface area contributed by atoms with Crippen LogP contribution in [0.3, 0.4) is 0 Å². The summed E-state index contributed by atoms with van der Waals surface area (Å²) < 4.78 is 0.946. The molecule has 3 rings (SSSR count). The smallest absolute Gasteiger partial charge is 0.137 e. The first-order chi connectivity index (χ1) is 9.15. The summed E-state index contributed by atoms with van der Waals surface area (Å²) >= 11 is 3.44. The van der Waals surface area contributed by atoms with Crippen molar-refractivity contribution in [3.8, 4) is 0 Å². The summed E-state index contributed by atoms with van der Waals surface area (Å²) in [6.07, 6.45) is 3.70. The minimum Gasteiger partial charge on any atom is -0.399 e. The van der Waals surface area contributed by atoms with E-state index < -0.39 is 0 Å². The fourth-order valence-corrected chi connectivity index (χ4v) is 2.44. The van der Waals surface area contributed by atoms with E-state index in [0.717, 1.165) is 37.9 Å². The number of anilines is 1. The Balaban J connectivity index is 2.14. The van der Waals surface area contributed by atoms with Crippen molar-refractivity contribution in [2.45, 2.75) is 0 Å². The summed E-state index contributed by atoms with van der Waals surface area (Å²) in [5.74, 6) is 0. The number of nitrogens with two attached hydrogens (primary N) is 1. The van der Waals surface area contributed by atoms with Crippen LogP contribution in [0.15, 0.2) is 53.8 Å². The fraction of sp³-hybridized carbons (Fsp3) is 0. The lowest BCUT2D eigenvalue weighted by Gasteiger charge is -2.06. The van der Waals surface area contributed by atoms with Crippen LogP contribution < -0.4 is 5.73 Å². The highest BCUT2D eigenvalue weighted by molar-refractivity contribution is 9.10. The van der Waals surface area contributed by atoms with Crippen LogP contribution in [0, 0.1) is 0 Å². The second-order valence-electron chi connectivity index (χ2n) is 4.36. The normalized spacial score (nSPS) is 10.8. The molecule has 0 bridgehead atoms. The molecule has 2 heterocycles. The van der Waals surface area contributed by atoms with Crippen molar-refractivity contribution in [2.24, 2.45) is 0 Å². The topological polar surface area (TPSA) is 54.7 Å². The van der Waals surface area contributed by atoms with Crippen molar-refractivity contribution in [3.05, 3.63) is 64.9 Å². The quantitative estimate of drug-likeness (QED) is 0.703. The van der Waals surface area contributed by atoms with Crippen molar-refractivity contribution >= 4 is 38.2 Å². The zero-order valence-electron chi connectivity index (χ0n) is 10.2. The molecule has 0 amide bonds. The Morgan fingerprint density at radius 3 is 2.95 bits per heavy atom. The Bertz CT molecular complexity index is 774. The molecule has 0 saturated heterocycles. The van der Waals surface area contributed by atoms with E-state index in [2.05, 4.69) is 32.5 Å². The molecule has 0 aliphatic carbocycles. The minimum atomic E-state index is 0.734. The van der Waals surface area contributed by atoms with Gasteiger partial charge in [0.15, 0.2) is 0 Å². The van der Waals surface area contributed by atoms with Gasteiger partial charge in [-0.05, 0) is 45.3 Å².